The van der Waals surface area contributed by atoms with Gasteiger partial charge in [0.1, 0.15) is 0 Å². The molecule has 1 atom stereocenters. The first-order valence-corrected chi connectivity index (χ1v) is 8.04. The van der Waals surface area contributed by atoms with E-state index in [2.05, 4.69) is 17.3 Å². The summed E-state index contributed by atoms with van der Waals surface area (Å²) in [6, 6.07) is 7.65. The maximum absolute atomic E-state index is 12.7. The van der Waals surface area contributed by atoms with Gasteiger partial charge in [-0.25, -0.2) is 0 Å². The quantitative estimate of drug-likeness (QED) is 0.849. The number of fused-ring (bicyclic) bond motifs is 1. The first-order valence-electron chi connectivity index (χ1n) is 7.16. The van der Waals surface area contributed by atoms with Crippen LogP contribution in [-0.2, 0) is 9.59 Å². The van der Waals surface area contributed by atoms with Crippen molar-refractivity contribution in [1.29, 1.82) is 0 Å². The largest absolute Gasteiger partial charge is 0.339 e. The minimum Gasteiger partial charge on any atom is -0.339 e. The highest BCUT2D eigenvalue weighted by atomic mass is 32.2. The molecule has 5 nitrogen and oxygen atoms in total. The van der Waals surface area contributed by atoms with Crippen LogP contribution in [0.15, 0.2) is 29.2 Å². The second-order valence-corrected chi connectivity index (χ2v) is 6.73. The zero-order chi connectivity index (χ0) is 14.8. The fourth-order valence-electron chi connectivity index (χ4n) is 2.61. The van der Waals surface area contributed by atoms with E-state index < -0.39 is 0 Å². The predicted octanol–water partition coefficient (Wildman–Crippen LogP) is 1.26. The molecule has 0 spiro atoms. The van der Waals surface area contributed by atoms with Crippen LogP contribution in [-0.4, -0.2) is 60.1 Å². The van der Waals surface area contributed by atoms with Crippen LogP contribution in [0.1, 0.15) is 6.42 Å². The number of anilines is 1. The molecular formula is C15H19N3O2S. The Balaban J connectivity index is 1.76. The smallest absolute Gasteiger partial charge is 0.236 e. The van der Waals surface area contributed by atoms with Gasteiger partial charge in [0.2, 0.25) is 11.8 Å². The Morgan fingerprint density at radius 3 is 2.71 bits per heavy atom. The van der Waals surface area contributed by atoms with Gasteiger partial charge in [0.15, 0.2) is 0 Å². The van der Waals surface area contributed by atoms with Gasteiger partial charge in [0.05, 0.1) is 10.9 Å². The Hall–Kier alpha value is -1.53. The summed E-state index contributed by atoms with van der Waals surface area (Å²) >= 11 is 1.50. The third kappa shape index (κ3) is 3.22. The SMILES string of the molecule is CN1CCN(C(=O)C2CC(=O)Nc3ccccc3S2)CC1. The number of hydrogen-bond donors (Lipinski definition) is 1. The van der Waals surface area contributed by atoms with Crippen molar-refractivity contribution >= 4 is 29.3 Å². The highest BCUT2D eigenvalue weighted by Crippen LogP contribution is 2.35. The Bertz CT molecular complexity index is 556. The molecule has 6 heteroatoms. The fraction of sp³-hybridized carbons (Fsp3) is 0.467. The van der Waals surface area contributed by atoms with Crippen molar-refractivity contribution in [2.45, 2.75) is 16.6 Å². The van der Waals surface area contributed by atoms with Gasteiger partial charge in [0.25, 0.3) is 0 Å². The summed E-state index contributed by atoms with van der Waals surface area (Å²) in [5.74, 6) is -0.000111. The highest BCUT2D eigenvalue weighted by molar-refractivity contribution is 8.00. The number of carbonyl (C=O) groups is 2. The summed E-state index contributed by atoms with van der Waals surface area (Å²) in [7, 11) is 2.06. The second-order valence-electron chi connectivity index (χ2n) is 5.48. The molecule has 112 valence electrons. The Kier molecular flexibility index (Phi) is 4.17. The first-order chi connectivity index (χ1) is 10.1. The number of benzene rings is 1. The molecule has 3 rings (SSSR count). The van der Waals surface area contributed by atoms with Gasteiger partial charge in [-0.3, -0.25) is 9.59 Å². The molecule has 1 aromatic rings. The van der Waals surface area contributed by atoms with Crippen LogP contribution in [0.5, 0.6) is 0 Å². The molecule has 0 bridgehead atoms. The van der Waals surface area contributed by atoms with Gasteiger partial charge < -0.3 is 15.1 Å². The minimum absolute atomic E-state index is 0.0833. The lowest BCUT2D eigenvalue weighted by Crippen LogP contribution is -2.50. The molecule has 1 saturated heterocycles. The van der Waals surface area contributed by atoms with Gasteiger partial charge in [-0.2, -0.15) is 0 Å². The van der Waals surface area contributed by atoms with Crippen molar-refractivity contribution in [3.63, 3.8) is 0 Å². The van der Waals surface area contributed by atoms with E-state index in [1.54, 1.807) is 0 Å². The van der Waals surface area contributed by atoms with E-state index in [1.165, 1.54) is 11.8 Å². The number of carbonyl (C=O) groups excluding carboxylic acids is 2. The lowest BCUT2D eigenvalue weighted by molar-refractivity contribution is -0.133. The molecule has 0 aliphatic carbocycles. The van der Waals surface area contributed by atoms with Crippen molar-refractivity contribution in [1.82, 2.24) is 9.80 Å². The van der Waals surface area contributed by atoms with Crippen LogP contribution in [0.2, 0.25) is 0 Å². The molecule has 1 aromatic carbocycles. The summed E-state index contributed by atoms with van der Waals surface area (Å²) in [6.07, 6.45) is 0.241. The van der Waals surface area contributed by atoms with Crippen molar-refractivity contribution in [3.8, 4) is 0 Å². The Morgan fingerprint density at radius 1 is 1.24 bits per heavy atom. The summed E-state index contributed by atoms with van der Waals surface area (Å²) < 4.78 is 0. The van der Waals surface area contributed by atoms with E-state index in [0.717, 1.165) is 36.8 Å². The van der Waals surface area contributed by atoms with Crippen LogP contribution in [0.3, 0.4) is 0 Å². The Labute approximate surface area is 128 Å². The molecule has 1 fully saturated rings. The Morgan fingerprint density at radius 2 is 1.95 bits per heavy atom. The van der Waals surface area contributed by atoms with Gasteiger partial charge in [-0.15, -0.1) is 11.8 Å². The van der Waals surface area contributed by atoms with Gasteiger partial charge in [-0.05, 0) is 19.2 Å². The normalized spacial score (nSPS) is 23.2. The fourth-order valence-corrected chi connectivity index (χ4v) is 3.80. The molecule has 0 radical (unpaired) electrons. The zero-order valence-electron chi connectivity index (χ0n) is 12.0. The van der Waals surface area contributed by atoms with E-state index in [9.17, 15) is 9.59 Å². The first kappa shape index (κ1) is 14.4. The number of thioether (sulfide) groups is 1. The average molecular weight is 305 g/mol. The maximum atomic E-state index is 12.7. The number of rotatable bonds is 1. The number of nitrogens with one attached hydrogen (secondary N) is 1. The van der Waals surface area contributed by atoms with Gasteiger partial charge in [0, 0.05) is 37.5 Å². The lowest BCUT2D eigenvalue weighted by Gasteiger charge is -2.34. The highest BCUT2D eigenvalue weighted by Gasteiger charge is 2.31. The van der Waals surface area contributed by atoms with Crippen molar-refractivity contribution in [2.75, 3.05) is 38.5 Å². The topological polar surface area (TPSA) is 52.7 Å². The third-order valence-electron chi connectivity index (χ3n) is 3.89. The summed E-state index contributed by atoms with van der Waals surface area (Å²) in [5.41, 5.74) is 0.807. The number of hydrogen-bond acceptors (Lipinski definition) is 4. The number of amides is 2. The lowest BCUT2D eigenvalue weighted by atomic mass is 10.2. The average Bonchev–Trinajstić information content (AvgIpc) is 2.65. The number of likely N-dealkylation sites (N-methyl/N-ethyl adjacent to an activating group) is 1. The number of piperazine rings is 1. The minimum atomic E-state index is -0.322. The molecule has 2 aliphatic rings. The van der Waals surface area contributed by atoms with Crippen molar-refractivity contribution in [3.05, 3.63) is 24.3 Å². The molecule has 1 N–H and O–H groups in total. The molecule has 2 heterocycles. The number of para-hydroxylation sites is 1. The van der Waals surface area contributed by atoms with E-state index in [0.29, 0.717) is 0 Å². The summed E-state index contributed by atoms with van der Waals surface area (Å²) in [5, 5.41) is 2.56. The molecule has 2 amide bonds. The second kappa shape index (κ2) is 6.07. The third-order valence-corrected chi connectivity index (χ3v) is 5.15. The molecular weight excluding hydrogens is 286 g/mol. The number of nitrogens with zero attached hydrogens (tertiary/aromatic N) is 2. The van der Waals surface area contributed by atoms with E-state index in [4.69, 9.17) is 0 Å². The monoisotopic (exact) mass is 305 g/mol. The van der Waals surface area contributed by atoms with E-state index in [1.807, 2.05) is 29.2 Å². The van der Waals surface area contributed by atoms with Gasteiger partial charge in [-0.1, -0.05) is 12.1 Å². The van der Waals surface area contributed by atoms with E-state index in [-0.39, 0.29) is 23.5 Å². The summed E-state index contributed by atoms with van der Waals surface area (Å²) in [6.45, 7) is 3.28. The van der Waals surface area contributed by atoms with Crippen LogP contribution in [0.25, 0.3) is 0 Å². The van der Waals surface area contributed by atoms with Crippen LogP contribution in [0.4, 0.5) is 5.69 Å². The standard InChI is InChI=1S/C15H19N3O2S/c1-17-6-8-18(9-7-17)15(20)13-10-14(19)16-11-4-2-3-5-12(11)21-13/h2-5,13H,6-10H2,1H3,(H,16,19). The van der Waals surface area contributed by atoms with Crippen LogP contribution in [0, 0.1) is 0 Å². The van der Waals surface area contributed by atoms with E-state index >= 15 is 0 Å². The maximum Gasteiger partial charge on any atom is 0.236 e. The predicted molar refractivity (Wildman–Crippen MR) is 83.4 cm³/mol. The van der Waals surface area contributed by atoms with Crippen LogP contribution < -0.4 is 5.32 Å². The molecule has 21 heavy (non-hydrogen) atoms. The van der Waals surface area contributed by atoms with Crippen molar-refractivity contribution < 1.29 is 9.59 Å². The van der Waals surface area contributed by atoms with Crippen LogP contribution >= 0.6 is 11.8 Å². The molecule has 0 saturated carbocycles. The molecule has 2 aliphatic heterocycles. The molecule has 1 unspecified atom stereocenters. The zero-order valence-corrected chi connectivity index (χ0v) is 12.9. The van der Waals surface area contributed by atoms with Crippen molar-refractivity contribution in [2.24, 2.45) is 0 Å². The van der Waals surface area contributed by atoms with Gasteiger partial charge >= 0.3 is 0 Å². The summed E-state index contributed by atoms with van der Waals surface area (Å²) in [4.78, 5) is 29.7. The molecule has 0 aromatic heterocycles.